The summed E-state index contributed by atoms with van der Waals surface area (Å²) in [6.07, 6.45) is 19.6. The molecule has 0 rings (SSSR count). The van der Waals surface area contributed by atoms with E-state index in [1.807, 2.05) is 26.2 Å². The lowest BCUT2D eigenvalue weighted by atomic mass is 9.92. The lowest BCUT2D eigenvalue weighted by molar-refractivity contribution is -0.149. The summed E-state index contributed by atoms with van der Waals surface area (Å²) < 4.78 is 10.8. The molecule has 0 aliphatic rings. The van der Waals surface area contributed by atoms with Gasteiger partial charge in [0.25, 0.3) is 0 Å². The standard InChI is InChI=1S/C29H55NO4/c1-7-8-9-10-11-16-25(2)17-14-18-26(3)21-22-28(19-12-13-24-33-27(4)31)34-29(32)20-15-23-30(5)6/h12-13,25-26,28H,7-11,14-24H2,1-6H3/b13-12-. The van der Waals surface area contributed by atoms with Crippen LogP contribution >= 0.6 is 0 Å². The minimum Gasteiger partial charge on any atom is -0.462 e. The van der Waals surface area contributed by atoms with Gasteiger partial charge in [-0.15, -0.1) is 0 Å². The number of carbonyl (C=O) groups excluding carboxylic acids is 2. The van der Waals surface area contributed by atoms with Gasteiger partial charge >= 0.3 is 11.9 Å². The molecule has 0 amide bonds. The Hall–Kier alpha value is -1.36. The van der Waals surface area contributed by atoms with Crippen LogP contribution in [0.5, 0.6) is 0 Å². The van der Waals surface area contributed by atoms with Crippen molar-refractivity contribution in [2.24, 2.45) is 11.8 Å². The van der Waals surface area contributed by atoms with E-state index in [1.165, 1.54) is 64.7 Å². The third-order valence-electron chi connectivity index (χ3n) is 6.41. The Morgan fingerprint density at radius 1 is 0.824 bits per heavy atom. The lowest BCUT2D eigenvalue weighted by Gasteiger charge is -2.20. The highest BCUT2D eigenvalue weighted by molar-refractivity contribution is 5.69. The van der Waals surface area contributed by atoms with Crippen molar-refractivity contribution in [2.75, 3.05) is 27.2 Å². The first-order chi connectivity index (χ1) is 16.2. The van der Waals surface area contributed by atoms with Crippen molar-refractivity contribution in [2.45, 2.75) is 124 Å². The Morgan fingerprint density at radius 3 is 2.12 bits per heavy atom. The molecule has 0 aromatic heterocycles. The second-order valence-electron chi connectivity index (χ2n) is 10.4. The Bertz CT molecular complexity index is 532. The Morgan fingerprint density at radius 2 is 1.47 bits per heavy atom. The number of ether oxygens (including phenoxy) is 2. The Labute approximate surface area is 211 Å². The first-order valence-electron chi connectivity index (χ1n) is 13.9. The summed E-state index contributed by atoms with van der Waals surface area (Å²) >= 11 is 0. The van der Waals surface area contributed by atoms with Crippen molar-refractivity contribution in [1.82, 2.24) is 4.90 Å². The first kappa shape index (κ1) is 32.6. The maximum atomic E-state index is 12.3. The maximum Gasteiger partial charge on any atom is 0.306 e. The van der Waals surface area contributed by atoms with Crippen LogP contribution in [0.1, 0.15) is 118 Å². The Kier molecular flexibility index (Phi) is 21.2. The van der Waals surface area contributed by atoms with E-state index in [9.17, 15) is 9.59 Å². The maximum absolute atomic E-state index is 12.3. The largest absolute Gasteiger partial charge is 0.462 e. The van der Waals surface area contributed by atoms with Crippen molar-refractivity contribution >= 4 is 11.9 Å². The number of esters is 2. The fraction of sp³-hybridized carbons (Fsp3) is 0.862. The summed E-state index contributed by atoms with van der Waals surface area (Å²) in [5, 5.41) is 0. The van der Waals surface area contributed by atoms with Crippen LogP contribution in [0.15, 0.2) is 12.2 Å². The van der Waals surface area contributed by atoms with Crippen molar-refractivity contribution in [1.29, 1.82) is 0 Å². The molecule has 0 aromatic carbocycles. The summed E-state index contributed by atoms with van der Waals surface area (Å²) in [6.45, 7) is 9.55. The van der Waals surface area contributed by atoms with Gasteiger partial charge in [-0.05, 0) is 51.7 Å². The van der Waals surface area contributed by atoms with Crippen molar-refractivity contribution < 1.29 is 19.1 Å². The molecule has 5 heteroatoms. The highest BCUT2D eigenvalue weighted by Crippen LogP contribution is 2.22. The molecule has 0 fully saturated rings. The minimum atomic E-state index is -0.284. The molecule has 200 valence electrons. The van der Waals surface area contributed by atoms with Crippen LogP contribution in [-0.4, -0.2) is 50.2 Å². The molecule has 34 heavy (non-hydrogen) atoms. The van der Waals surface area contributed by atoms with E-state index < -0.39 is 0 Å². The SMILES string of the molecule is CCCCCCCC(C)CCCC(C)CCC(C/C=C\COC(C)=O)OC(=O)CCCN(C)C. The van der Waals surface area contributed by atoms with Crippen LogP contribution in [0.3, 0.4) is 0 Å². The zero-order valence-corrected chi connectivity index (χ0v) is 23.3. The molecule has 0 aliphatic heterocycles. The number of rotatable bonds is 22. The molecular formula is C29H55NO4. The van der Waals surface area contributed by atoms with Gasteiger partial charge in [-0.1, -0.05) is 90.7 Å². The molecule has 0 spiro atoms. The van der Waals surface area contributed by atoms with Gasteiger partial charge in [0.15, 0.2) is 0 Å². The van der Waals surface area contributed by atoms with E-state index in [4.69, 9.17) is 9.47 Å². The van der Waals surface area contributed by atoms with E-state index in [-0.39, 0.29) is 24.6 Å². The molecule has 5 nitrogen and oxygen atoms in total. The highest BCUT2D eigenvalue weighted by Gasteiger charge is 2.15. The van der Waals surface area contributed by atoms with Gasteiger partial charge in [0.2, 0.25) is 0 Å². The second-order valence-corrected chi connectivity index (χ2v) is 10.4. The third kappa shape index (κ3) is 22.4. The predicted octanol–water partition coefficient (Wildman–Crippen LogP) is 7.33. The molecule has 0 N–H and O–H groups in total. The van der Waals surface area contributed by atoms with E-state index in [1.54, 1.807) is 0 Å². The van der Waals surface area contributed by atoms with E-state index in [2.05, 4.69) is 25.7 Å². The summed E-state index contributed by atoms with van der Waals surface area (Å²) in [5.74, 6) is 1.07. The van der Waals surface area contributed by atoms with Crippen LogP contribution in [-0.2, 0) is 19.1 Å². The van der Waals surface area contributed by atoms with Gasteiger partial charge in [-0.25, -0.2) is 0 Å². The Balaban J connectivity index is 4.31. The summed E-state index contributed by atoms with van der Waals surface area (Å²) in [4.78, 5) is 25.3. The van der Waals surface area contributed by atoms with Crippen molar-refractivity contribution in [3.63, 3.8) is 0 Å². The van der Waals surface area contributed by atoms with Gasteiger partial charge in [0.1, 0.15) is 12.7 Å². The summed E-state index contributed by atoms with van der Waals surface area (Å²) in [5.41, 5.74) is 0. The topological polar surface area (TPSA) is 55.8 Å². The van der Waals surface area contributed by atoms with Crippen LogP contribution in [0.25, 0.3) is 0 Å². The number of nitrogens with zero attached hydrogens (tertiary/aromatic N) is 1. The van der Waals surface area contributed by atoms with E-state index in [0.717, 1.165) is 31.7 Å². The molecule has 0 aliphatic carbocycles. The molecule has 0 bridgehead atoms. The second kappa shape index (κ2) is 22.1. The molecule has 0 saturated carbocycles. The van der Waals surface area contributed by atoms with E-state index in [0.29, 0.717) is 18.8 Å². The average molecular weight is 482 g/mol. The average Bonchev–Trinajstić information content (AvgIpc) is 2.76. The van der Waals surface area contributed by atoms with Crippen LogP contribution in [0.2, 0.25) is 0 Å². The van der Waals surface area contributed by atoms with E-state index >= 15 is 0 Å². The highest BCUT2D eigenvalue weighted by atomic mass is 16.5. The number of hydrogen-bond acceptors (Lipinski definition) is 5. The first-order valence-corrected chi connectivity index (χ1v) is 13.9. The number of unbranched alkanes of at least 4 members (excludes halogenated alkanes) is 4. The summed E-state index contributed by atoms with van der Waals surface area (Å²) in [6, 6.07) is 0. The van der Waals surface area contributed by atoms with Gasteiger partial charge in [-0.3, -0.25) is 9.59 Å². The van der Waals surface area contributed by atoms with Gasteiger partial charge in [-0.2, -0.15) is 0 Å². The summed E-state index contributed by atoms with van der Waals surface area (Å²) in [7, 11) is 4.02. The predicted molar refractivity (Wildman–Crippen MR) is 143 cm³/mol. The van der Waals surface area contributed by atoms with Gasteiger partial charge in [0, 0.05) is 19.8 Å². The van der Waals surface area contributed by atoms with Crippen LogP contribution in [0, 0.1) is 11.8 Å². The fourth-order valence-corrected chi connectivity index (χ4v) is 4.16. The molecule has 0 heterocycles. The smallest absolute Gasteiger partial charge is 0.306 e. The number of hydrogen-bond donors (Lipinski definition) is 0. The fourth-order valence-electron chi connectivity index (χ4n) is 4.16. The van der Waals surface area contributed by atoms with Crippen LogP contribution in [0.4, 0.5) is 0 Å². The third-order valence-corrected chi connectivity index (χ3v) is 6.41. The molecule has 0 aromatic rings. The van der Waals surface area contributed by atoms with Gasteiger partial charge < -0.3 is 14.4 Å². The lowest BCUT2D eigenvalue weighted by Crippen LogP contribution is -2.20. The molecule has 0 saturated heterocycles. The van der Waals surface area contributed by atoms with Gasteiger partial charge in [0.05, 0.1) is 0 Å². The van der Waals surface area contributed by atoms with Crippen LogP contribution < -0.4 is 0 Å². The number of carbonyl (C=O) groups is 2. The molecule has 3 atom stereocenters. The normalized spacial score (nSPS) is 14.3. The monoisotopic (exact) mass is 481 g/mol. The quantitative estimate of drug-likeness (QED) is 0.0920. The molecule has 3 unspecified atom stereocenters. The van der Waals surface area contributed by atoms with Crippen molar-refractivity contribution in [3.05, 3.63) is 12.2 Å². The minimum absolute atomic E-state index is 0.107. The molecule has 0 radical (unpaired) electrons. The van der Waals surface area contributed by atoms with Crippen molar-refractivity contribution in [3.8, 4) is 0 Å². The zero-order valence-electron chi connectivity index (χ0n) is 23.3. The molecular weight excluding hydrogens is 426 g/mol. The zero-order chi connectivity index (χ0) is 25.6.